The van der Waals surface area contributed by atoms with Crippen LogP contribution in [-0.4, -0.2) is 49.6 Å². The van der Waals surface area contributed by atoms with E-state index in [1.54, 1.807) is 30.3 Å². The maximum atomic E-state index is 12.5. The monoisotopic (exact) mass is 306 g/mol. The minimum absolute atomic E-state index is 0.00521. The van der Waals surface area contributed by atoms with Crippen LogP contribution in [0, 0.1) is 0 Å². The van der Waals surface area contributed by atoms with Crippen LogP contribution in [0.15, 0.2) is 24.7 Å². The van der Waals surface area contributed by atoms with Crippen molar-refractivity contribution >= 4 is 17.2 Å². The van der Waals surface area contributed by atoms with Crippen LogP contribution in [0.1, 0.15) is 30.4 Å². The van der Waals surface area contributed by atoms with E-state index in [9.17, 15) is 9.90 Å². The van der Waals surface area contributed by atoms with E-state index in [0.717, 1.165) is 0 Å². The molecule has 0 aliphatic rings. The minimum atomic E-state index is -0.568. The third kappa shape index (κ3) is 3.83. The summed E-state index contributed by atoms with van der Waals surface area (Å²) in [5.74, 6) is 0.374. The molecule has 21 heavy (non-hydrogen) atoms. The first-order chi connectivity index (χ1) is 9.99. The van der Waals surface area contributed by atoms with E-state index in [4.69, 9.17) is 0 Å². The summed E-state index contributed by atoms with van der Waals surface area (Å²) in [7, 11) is 0. The zero-order valence-electron chi connectivity index (χ0n) is 12.2. The highest BCUT2D eigenvalue weighted by atomic mass is 32.1. The highest BCUT2D eigenvalue weighted by Gasteiger charge is 2.22. The smallest absolute Gasteiger partial charge is 0.265 e. The number of thiazole rings is 1. The lowest BCUT2D eigenvalue weighted by atomic mass is 10.2. The van der Waals surface area contributed by atoms with Crippen LogP contribution >= 0.6 is 11.3 Å². The Balaban J connectivity index is 2.22. The summed E-state index contributed by atoms with van der Waals surface area (Å²) in [4.78, 5) is 27.1. The molecule has 2 heterocycles. The Kier molecular flexibility index (Phi) is 4.98. The summed E-state index contributed by atoms with van der Waals surface area (Å²) in [6.45, 7) is 5.80. The lowest BCUT2D eigenvalue weighted by molar-refractivity contribution is 0.0583. The normalized spacial score (nSPS) is 12.4. The number of carbonyl (C=O) groups is 1. The second-order valence-corrected chi connectivity index (χ2v) is 6.03. The zero-order chi connectivity index (χ0) is 15.4. The third-order valence-corrected chi connectivity index (χ3v) is 3.80. The topological polar surface area (TPSA) is 79.2 Å². The fourth-order valence-electron chi connectivity index (χ4n) is 1.84. The number of amides is 1. The van der Waals surface area contributed by atoms with Gasteiger partial charge in [-0.05, 0) is 26.8 Å². The first kappa shape index (κ1) is 15.5. The predicted molar refractivity (Wildman–Crippen MR) is 81.0 cm³/mol. The van der Waals surface area contributed by atoms with Crippen LogP contribution in [0.25, 0.3) is 10.8 Å². The van der Waals surface area contributed by atoms with Gasteiger partial charge in [0.15, 0.2) is 10.8 Å². The number of carbonyl (C=O) groups excluding carboxylic acids is 1. The first-order valence-electron chi connectivity index (χ1n) is 6.71. The summed E-state index contributed by atoms with van der Waals surface area (Å²) < 4.78 is 0. The molecule has 2 rings (SSSR count). The van der Waals surface area contributed by atoms with Gasteiger partial charge in [0.05, 0.1) is 12.3 Å². The zero-order valence-corrected chi connectivity index (χ0v) is 13.0. The molecule has 0 fully saturated rings. The summed E-state index contributed by atoms with van der Waals surface area (Å²) >= 11 is 1.26. The van der Waals surface area contributed by atoms with Gasteiger partial charge in [-0.25, -0.2) is 15.0 Å². The molecule has 0 aliphatic carbocycles. The van der Waals surface area contributed by atoms with E-state index < -0.39 is 6.10 Å². The van der Waals surface area contributed by atoms with Gasteiger partial charge in [0.2, 0.25) is 0 Å². The lowest BCUT2D eigenvalue weighted by Crippen LogP contribution is -2.41. The average molecular weight is 306 g/mol. The molecule has 2 aromatic heterocycles. The molecule has 6 nitrogen and oxygen atoms in total. The van der Waals surface area contributed by atoms with Gasteiger partial charge in [-0.2, -0.15) is 0 Å². The number of nitrogens with zero attached hydrogens (tertiary/aromatic N) is 4. The number of aromatic nitrogens is 3. The standard InChI is InChI=1S/C14H18N4O2S/c1-9(2)18(8-10(3)19)14(20)11-7-17-13(21-11)12-15-5-4-6-16-12/h4-7,9-10,19H,8H2,1-3H3. The van der Waals surface area contributed by atoms with Crippen molar-refractivity contribution in [1.82, 2.24) is 19.9 Å². The van der Waals surface area contributed by atoms with Gasteiger partial charge in [0.1, 0.15) is 4.88 Å². The molecule has 0 aromatic carbocycles. The Morgan fingerprint density at radius 3 is 2.52 bits per heavy atom. The Morgan fingerprint density at radius 2 is 1.95 bits per heavy atom. The van der Waals surface area contributed by atoms with Gasteiger partial charge in [0.25, 0.3) is 5.91 Å². The van der Waals surface area contributed by atoms with Crippen LogP contribution in [0.3, 0.4) is 0 Å². The summed E-state index contributed by atoms with van der Waals surface area (Å²) in [5.41, 5.74) is 0. The largest absolute Gasteiger partial charge is 0.392 e. The Morgan fingerprint density at radius 1 is 1.29 bits per heavy atom. The van der Waals surface area contributed by atoms with Crippen LogP contribution in [0.5, 0.6) is 0 Å². The highest BCUT2D eigenvalue weighted by Crippen LogP contribution is 2.23. The fourth-order valence-corrected chi connectivity index (χ4v) is 2.66. The maximum Gasteiger partial charge on any atom is 0.265 e. The van der Waals surface area contributed by atoms with Crippen molar-refractivity contribution in [3.8, 4) is 10.8 Å². The summed E-state index contributed by atoms with van der Waals surface area (Å²) in [6.07, 6.45) is 4.25. The van der Waals surface area contributed by atoms with Gasteiger partial charge in [-0.1, -0.05) is 0 Å². The Hall–Kier alpha value is -1.86. The highest BCUT2D eigenvalue weighted by molar-refractivity contribution is 7.16. The minimum Gasteiger partial charge on any atom is -0.392 e. The quantitative estimate of drug-likeness (QED) is 0.911. The van der Waals surface area contributed by atoms with E-state index in [1.807, 2.05) is 13.8 Å². The number of hydrogen-bond donors (Lipinski definition) is 1. The van der Waals surface area contributed by atoms with Crippen molar-refractivity contribution in [3.05, 3.63) is 29.5 Å². The summed E-state index contributed by atoms with van der Waals surface area (Å²) in [5, 5.41) is 10.1. The fraction of sp³-hybridized carbons (Fsp3) is 0.429. The Bertz CT molecular complexity index is 598. The van der Waals surface area contributed by atoms with Crippen molar-refractivity contribution in [2.24, 2.45) is 0 Å². The molecule has 0 saturated carbocycles. The van der Waals surface area contributed by atoms with Gasteiger partial charge in [-0.3, -0.25) is 4.79 Å². The van der Waals surface area contributed by atoms with Gasteiger partial charge in [-0.15, -0.1) is 11.3 Å². The van der Waals surface area contributed by atoms with Crippen LogP contribution in [0.2, 0.25) is 0 Å². The van der Waals surface area contributed by atoms with Gasteiger partial charge in [0, 0.05) is 25.0 Å². The molecule has 112 valence electrons. The van der Waals surface area contributed by atoms with Crippen molar-refractivity contribution in [3.63, 3.8) is 0 Å². The third-order valence-electron chi connectivity index (χ3n) is 2.82. The predicted octanol–water partition coefficient (Wildman–Crippen LogP) is 1.83. The van der Waals surface area contributed by atoms with Gasteiger partial charge < -0.3 is 10.0 Å². The lowest BCUT2D eigenvalue weighted by Gasteiger charge is -2.27. The molecule has 0 radical (unpaired) electrons. The van der Waals surface area contributed by atoms with Crippen LogP contribution < -0.4 is 0 Å². The van der Waals surface area contributed by atoms with E-state index in [2.05, 4.69) is 15.0 Å². The van der Waals surface area contributed by atoms with E-state index in [-0.39, 0.29) is 11.9 Å². The molecule has 1 amide bonds. The van der Waals surface area contributed by atoms with Crippen molar-refractivity contribution in [2.75, 3.05) is 6.54 Å². The molecule has 0 aliphatic heterocycles. The molecule has 2 aromatic rings. The number of aliphatic hydroxyl groups excluding tert-OH is 1. The molecule has 1 N–H and O–H groups in total. The van der Waals surface area contributed by atoms with Crippen molar-refractivity contribution in [1.29, 1.82) is 0 Å². The first-order valence-corrected chi connectivity index (χ1v) is 7.53. The number of aliphatic hydroxyl groups is 1. The number of hydrogen-bond acceptors (Lipinski definition) is 6. The summed E-state index contributed by atoms with van der Waals surface area (Å²) in [6, 6.07) is 1.73. The van der Waals surface area contributed by atoms with Crippen molar-refractivity contribution in [2.45, 2.75) is 32.9 Å². The molecular weight excluding hydrogens is 288 g/mol. The van der Waals surface area contributed by atoms with Crippen LogP contribution in [0.4, 0.5) is 0 Å². The molecule has 0 saturated heterocycles. The second-order valence-electron chi connectivity index (χ2n) is 5.00. The molecule has 0 bridgehead atoms. The molecule has 0 spiro atoms. The SMILES string of the molecule is CC(O)CN(C(=O)c1cnc(-c2ncccn2)s1)C(C)C. The van der Waals surface area contributed by atoms with E-state index in [1.165, 1.54) is 17.5 Å². The maximum absolute atomic E-state index is 12.5. The molecule has 7 heteroatoms. The molecule has 1 unspecified atom stereocenters. The molecule has 1 atom stereocenters. The number of rotatable bonds is 5. The molecular formula is C14H18N4O2S. The van der Waals surface area contributed by atoms with E-state index in [0.29, 0.717) is 22.3 Å². The van der Waals surface area contributed by atoms with Crippen molar-refractivity contribution < 1.29 is 9.90 Å². The van der Waals surface area contributed by atoms with Gasteiger partial charge >= 0.3 is 0 Å². The second kappa shape index (κ2) is 6.73. The van der Waals surface area contributed by atoms with Crippen LogP contribution in [-0.2, 0) is 0 Å². The average Bonchev–Trinajstić information content (AvgIpc) is 2.94. The Labute approximate surface area is 127 Å². The van der Waals surface area contributed by atoms with E-state index >= 15 is 0 Å².